The van der Waals surface area contributed by atoms with Gasteiger partial charge < -0.3 is 15.0 Å². The molecule has 0 saturated carbocycles. The fraction of sp³-hybridized carbons (Fsp3) is 0.0417. The lowest BCUT2D eigenvalue weighted by Crippen LogP contribution is -2.18. The number of carbonyl (C=O) groups excluding carboxylic acids is 2. The smallest absolute Gasteiger partial charge is 0.275 e. The number of para-hydroxylation sites is 1. The number of nitrogens with one attached hydrogen (secondary N) is 2. The van der Waals surface area contributed by atoms with Gasteiger partial charge in [0.1, 0.15) is 18.1 Å². The van der Waals surface area contributed by atoms with Crippen molar-refractivity contribution < 1.29 is 19.1 Å². The Morgan fingerprint density at radius 1 is 1.09 bits per heavy atom. The Labute approximate surface area is 210 Å². The lowest BCUT2D eigenvalue weighted by atomic mass is 10.2. The minimum absolute atomic E-state index is 0.0258. The number of halogens is 3. The molecule has 0 atom stereocenters. The maximum Gasteiger partial charge on any atom is 0.275 e. The Kier molecular flexibility index (Phi) is 7.09. The molecule has 1 aromatic heterocycles. The van der Waals surface area contributed by atoms with Crippen LogP contribution in [0, 0.1) is 5.82 Å². The Bertz CT molecular complexity index is 1420. The molecule has 4 rings (SSSR count). The lowest BCUT2D eigenvalue weighted by molar-refractivity contribution is -0.116. The Hall–Kier alpha value is -3.50. The maximum atomic E-state index is 13.1. The van der Waals surface area contributed by atoms with Crippen LogP contribution in [0.5, 0.6) is 5.75 Å². The summed E-state index contributed by atoms with van der Waals surface area (Å²) in [6.45, 7) is 0.0258. The number of anilines is 1. The van der Waals surface area contributed by atoms with Crippen molar-refractivity contribution in [1.82, 2.24) is 9.99 Å². The van der Waals surface area contributed by atoms with Gasteiger partial charge in [0.15, 0.2) is 0 Å². The van der Waals surface area contributed by atoms with E-state index in [-0.39, 0.29) is 29.6 Å². The first-order valence-electron chi connectivity index (χ1n) is 9.96. The van der Waals surface area contributed by atoms with E-state index in [1.165, 1.54) is 36.5 Å². The second-order valence-electron chi connectivity index (χ2n) is 7.27. The third kappa shape index (κ3) is 5.35. The molecule has 0 spiro atoms. The molecule has 0 aliphatic heterocycles. The summed E-state index contributed by atoms with van der Waals surface area (Å²) >= 11 is 6.47. The van der Waals surface area contributed by atoms with Gasteiger partial charge in [0.25, 0.3) is 5.91 Å². The van der Waals surface area contributed by atoms with Crippen LogP contribution in [0.3, 0.4) is 0 Å². The molecule has 2 amide bonds. The first-order chi connectivity index (χ1) is 16.3. The molecule has 172 valence electrons. The number of phenolic OH excluding ortho intramolecular Hbond substituents is 1. The van der Waals surface area contributed by atoms with Gasteiger partial charge in [-0.15, -0.1) is 0 Å². The van der Waals surface area contributed by atoms with Crippen LogP contribution in [-0.2, 0) is 11.3 Å². The Morgan fingerprint density at radius 2 is 1.82 bits per heavy atom. The van der Waals surface area contributed by atoms with Gasteiger partial charge in [-0.05, 0) is 58.4 Å². The highest BCUT2D eigenvalue weighted by Gasteiger charge is 2.15. The number of hydrogen-bond acceptors (Lipinski definition) is 4. The molecule has 0 radical (unpaired) electrons. The number of benzene rings is 3. The summed E-state index contributed by atoms with van der Waals surface area (Å²) in [6.07, 6.45) is 3.22. The van der Waals surface area contributed by atoms with E-state index in [0.29, 0.717) is 20.2 Å². The van der Waals surface area contributed by atoms with E-state index in [1.54, 1.807) is 16.8 Å². The second kappa shape index (κ2) is 10.2. The van der Waals surface area contributed by atoms with Crippen molar-refractivity contribution in [2.75, 3.05) is 5.32 Å². The highest BCUT2D eigenvalue weighted by atomic mass is 79.9. The summed E-state index contributed by atoms with van der Waals surface area (Å²) < 4.78 is 15.8. The zero-order chi connectivity index (χ0) is 24.2. The standard InChI is InChI=1S/C24H17Br2FN4O3/c25-15-9-19(23(33)20(26)10-15)24(34)30-28-11-14-12-31(21-4-2-1-3-18(14)21)13-22(32)29-17-7-5-16(27)6-8-17/h1-12,33H,13H2,(H,29,32)(H,30,34)/b28-11-. The molecule has 7 nitrogen and oxygen atoms in total. The summed E-state index contributed by atoms with van der Waals surface area (Å²) in [6, 6.07) is 16.1. The summed E-state index contributed by atoms with van der Waals surface area (Å²) in [4.78, 5) is 25.0. The molecule has 3 N–H and O–H groups in total. The molecule has 0 bridgehead atoms. The van der Waals surface area contributed by atoms with Gasteiger partial charge in [0.05, 0.1) is 16.3 Å². The summed E-state index contributed by atoms with van der Waals surface area (Å²) in [5.41, 5.74) is 4.44. The van der Waals surface area contributed by atoms with Crippen molar-refractivity contribution in [1.29, 1.82) is 0 Å². The number of rotatable bonds is 6. The van der Waals surface area contributed by atoms with E-state index in [2.05, 4.69) is 47.7 Å². The molecule has 10 heteroatoms. The molecule has 0 unspecified atom stereocenters. The number of hydrazone groups is 1. The van der Waals surface area contributed by atoms with Crippen molar-refractivity contribution in [3.8, 4) is 5.75 Å². The van der Waals surface area contributed by atoms with Gasteiger partial charge in [-0.3, -0.25) is 9.59 Å². The number of aromatic hydroxyl groups is 1. The van der Waals surface area contributed by atoms with Crippen molar-refractivity contribution in [3.05, 3.63) is 92.8 Å². The zero-order valence-corrected chi connectivity index (χ0v) is 20.6. The summed E-state index contributed by atoms with van der Waals surface area (Å²) in [7, 11) is 0. The van der Waals surface area contributed by atoms with E-state index < -0.39 is 5.91 Å². The van der Waals surface area contributed by atoms with Crippen LogP contribution >= 0.6 is 31.9 Å². The van der Waals surface area contributed by atoms with Crippen molar-refractivity contribution in [2.24, 2.45) is 5.10 Å². The molecular weight excluding hydrogens is 571 g/mol. The van der Waals surface area contributed by atoms with Crippen molar-refractivity contribution in [2.45, 2.75) is 6.54 Å². The molecule has 0 aliphatic carbocycles. The van der Waals surface area contributed by atoms with Crippen LogP contribution in [0.25, 0.3) is 10.9 Å². The topological polar surface area (TPSA) is 95.7 Å². The first kappa shape index (κ1) is 23.7. The number of aromatic nitrogens is 1. The molecule has 34 heavy (non-hydrogen) atoms. The van der Waals surface area contributed by atoms with Gasteiger partial charge in [0.2, 0.25) is 5.91 Å². The quantitative estimate of drug-likeness (QED) is 0.208. The summed E-state index contributed by atoms with van der Waals surface area (Å²) in [5.74, 6) is -1.44. The number of hydrogen-bond donors (Lipinski definition) is 3. The van der Waals surface area contributed by atoms with E-state index in [9.17, 15) is 19.1 Å². The largest absolute Gasteiger partial charge is 0.506 e. The summed E-state index contributed by atoms with van der Waals surface area (Å²) in [5, 5.41) is 17.7. The van der Waals surface area contributed by atoms with E-state index >= 15 is 0 Å². The van der Waals surface area contributed by atoms with Crippen LogP contribution in [0.15, 0.2) is 80.9 Å². The molecular formula is C24H17Br2FN4O3. The van der Waals surface area contributed by atoms with E-state index in [4.69, 9.17) is 0 Å². The number of phenols is 1. The minimum atomic E-state index is -0.585. The van der Waals surface area contributed by atoms with Crippen molar-refractivity contribution >= 4 is 66.5 Å². The predicted molar refractivity (Wildman–Crippen MR) is 136 cm³/mol. The normalized spacial score (nSPS) is 11.1. The molecule has 1 heterocycles. The maximum absolute atomic E-state index is 13.1. The van der Waals surface area contributed by atoms with Gasteiger partial charge in [0, 0.05) is 32.8 Å². The van der Waals surface area contributed by atoms with Crippen molar-refractivity contribution in [3.63, 3.8) is 0 Å². The van der Waals surface area contributed by atoms with Gasteiger partial charge in [-0.1, -0.05) is 34.1 Å². The Morgan fingerprint density at radius 3 is 2.59 bits per heavy atom. The highest BCUT2D eigenvalue weighted by molar-refractivity contribution is 9.11. The predicted octanol–water partition coefficient (Wildman–Crippen LogP) is 5.41. The molecule has 3 aromatic carbocycles. The van der Waals surface area contributed by atoms with Crippen LogP contribution < -0.4 is 10.7 Å². The fourth-order valence-electron chi connectivity index (χ4n) is 3.36. The lowest BCUT2D eigenvalue weighted by Gasteiger charge is -2.07. The number of nitrogens with zero attached hydrogens (tertiary/aromatic N) is 2. The van der Waals surface area contributed by atoms with Crippen LogP contribution in [0.1, 0.15) is 15.9 Å². The van der Waals surface area contributed by atoms with Crippen LogP contribution in [-0.4, -0.2) is 27.7 Å². The third-order valence-electron chi connectivity index (χ3n) is 4.90. The molecule has 0 saturated heterocycles. The Balaban J connectivity index is 1.51. The fourth-order valence-corrected chi connectivity index (χ4v) is 4.58. The van der Waals surface area contributed by atoms with E-state index in [0.717, 1.165) is 10.9 Å². The number of fused-ring (bicyclic) bond motifs is 1. The highest BCUT2D eigenvalue weighted by Crippen LogP contribution is 2.31. The molecule has 0 aliphatic rings. The third-order valence-corrected chi connectivity index (χ3v) is 5.97. The SMILES string of the molecule is O=C(Cn1cc(/C=N\NC(=O)c2cc(Br)cc(Br)c2O)c2ccccc21)Nc1ccc(F)cc1. The average molecular weight is 588 g/mol. The van der Waals surface area contributed by atoms with Crippen LogP contribution in [0.4, 0.5) is 10.1 Å². The van der Waals surface area contributed by atoms with Crippen LogP contribution in [0.2, 0.25) is 0 Å². The molecule has 4 aromatic rings. The van der Waals surface area contributed by atoms with Gasteiger partial charge in [-0.25, -0.2) is 9.82 Å². The monoisotopic (exact) mass is 586 g/mol. The van der Waals surface area contributed by atoms with Gasteiger partial charge in [-0.2, -0.15) is 5.10 Å². The second-order valence-corrected chi connectivity index (χ2v) is 9.04. The minimum Gasteiger partial charge on any atom is -0.506 e. The van der Waals surface area contributed by atoms with E-state index in [1.807, 2.05) is 24.3 Å². The first-order valence-corrected chi connectivity index (χ1v) is 11.5. The van der Waals surface area contributed by atoms with Gasteiger partial charge >= 0.3 is 0 Å². The molecule has 0 fully saturated rings. The average Bonchev–Trinajstić information content (AvgIpc) is 3.15. The zero-order valence-electron chi connectivity index (χ0n) is 17.4. The number of carbonyl (C=O) groups is 2. The number of amides is 2.